The van der Waals surface area contributed by atoms with Crippen molar-refractivity contribution < 1.29 is 4.92 Å². The predicted octanol–water partition coefficient (Wildman–Crippen LogP) is 3.39. The highest BCUT2D eigenvalue weighted by molar-refractivity contribution is 7.12. The van der Waals surface area contributed by atoms with Gasteiger partial charge in [-0.1, -0.05) is 6.92 Å². The van der Waals surface area contributed by atoms with Crippen molar-refractivity contribution in [3.8, 4) is 0 Å². The zero-order valence-electron chi connectivity index (χ0n) is 8.53. The SMILES string of the molecule is CCC(=Cc1cc(C)sc1C)[N+](=O)[O-]. The average molecular weight is 211 g/mol. The summed E-state index contributed by atoms with van der Waals surface area (Å²) in [6.45, 7) is 5.78. The Morgan fingerprint density at radius 1 is 1.64 bits per heavy atom. The van der Waals surface area contributed by atoms with Crippen LogP contribution in [0.2, 0.25) is 0 Å². The number of rotatable bonds is 3. The third kappa shape index (κ3) is 2.42. The maximum atomic E-state index is 10.6. The largest absolute Gasteiger partial charge is 0.259 e. The summed E-state index contributed by atoms with van der Waals surface area (Å²) in [7, 11) is 0. The summed E-state index contributed by atoms with van der Waals surface area (Å²) < 4.78 is 0. The molecule has 1 heterocycles. The Morgan fingerprint density at radius 2 is 2.29 bits per heavy atom. The molecule has 0 atom stereocenters. The molecule has 0 unspecified atom stereocenters. The Hall–Kier alpha value is -1.16. The van der Waals surface area contributed by atoms with E-state index < -0.39 is 0 Å². The Kier molecular flexibility index (Phi) is 3.41. The summed E-state index contributed by atoms with van der Waals surface area (Å²) in [5, 5.41) is 10.6. The molecule has 76 valence electrons. The molecular formula is C10H13NO2S. The maximum Gasteiger partial charge on any atom is 0.246 e. The maximum absolute atomic E-state index is 10.6. The molecule has 0 aromatic carbocycles. The molecule has 1 aromatic rings. The van der Waals surface area contributed by atoms with E-state index in [1.165, 1.54) is 4.88 Å². The van der Waals surface area contributed by atoms with E-state index >= 15 is 0 Å². The first-order chi connectivity index (χ1) is 6.54. The van der Waals surface area contributed by atoms with E-state index in [2.05, 4.69) is 0 Å². The van der Waals surface area contributed by atoms with Crippen LogP contribution in [0, 0.1) is 24.0 Å². The van der Waals surface area contributed by atoms with Crippen LogP contribution in [-0.4, -0.2) is 4.92 Å². The molecule has 1 rings (SSSR count). The summed E-state index contributed by atoms with van der Waals surface area (Å²) in [4.78, 5) is 12.6. The smallest absolute Gasteiger partial charge is 0.246 e. The molecule has 0 spiro atoms. The van der Waals surface area contributed by atoms with Gasteiger partial charge >= 0.3 is 0 Å². The van der Waals surface area contributed by atoms with Crippen molar-refractivity contribution in [3.05, 3.63) is 37.2 Å². The molecule has 4 heteroatoms. The number of hydrogen-bond acceptors (Lipinski definition) is 3. The fourth-order valence-corrected chi connectivity index (χ4v) is 2.16. The molecule has 0 saturated heterocycles. The quantitative estimate of drug-likeness (QED) is 0.568. The Morgan fingerprint density at radius 3 is 2.64 bits per heavy atom. The summed E-state index contributed by atoms with van der Waals surface area (Å²) in [5.41, 5.74) is 1.24. The molecule has 0 aliphatic rings. The lowest BCUT2D eigenvalue weighted by atomic mass is 10.2. The number of nitro groups is 1. The van der Waals surface area contributed by atoms with Crippen LogP contribution in [0.15, 0.2) is 11.8 Å². The first-order valence-electron chi connectivity index (χ1n) is 4.46. The average Bonchev–Trinajstić information content (AvgIpc) is 2.40. The summed E-state index contributed by atoms with van der Waals surface area (Å²) in [6.07, 6.45) is 2.13. The lowest BCUT2D eigenvalue weighted by Gasteiger charge is -1.93. The molecule has 0 N–H and O–H groups in total. The van der Waals surface area contributed by atoms with Crippen molar-refractivity contribution in [3.63, 3.8) is 0 Å². The van der Waals surface area contributed by atoms with Gasteiger partial charge in [-0.2, -0.15) is 0 Å². The van der Waals surface area contributed by atoms with E-state index in [0.29, 0.717) is 6.42 Å². The Balaban J connectivity index is 3.06. The van der Waals surface area contributed by atoms with Crippen molar-refractivity contribution in [1.82, 2.24) is 0 Å². The number of hydrogen-bond donors (Lipinski definition) is 0. The van der Waals surface area contributed by atoms with Gasteiger partial charge in [-0.15, -0.1) is 11.3 Å². The summed E-state index contributed by atoms with van der Waals surface area (Å²) >= 11 is 1.67. The van der Waals surface area contributed by atoms with Crippen molar-refractivity contribution in [2.24, 2.45) is 0 Å². The number of allylic oxidation sites excluding steroid dienone is 1. The second-order valence-corrected chi connectivity index (χ2v) is 4.58. The molecular weight excluding hydrogens is 198 g/mol. The third-order valence-electron chi connectivity index (χ3n) is 2.00. The topological polar surface area (TPSA) is 43.1 Å². The third-order valence-corrected chi connectivity index (χ3v) is 2.98. The highest BCUT2D eigenvalue weighted by atomic mass is 32.1. The van der Waals surface area contributed by atoms with E-state index in [4.69, 9.17) is 0 Å². The fraction of sp³-hybridized carbons (Fsp3) is 0.400. The van der Waals surface area contributed by atoms with Gasteiger partial charge in [-0.3, -0.25) is 10.1 Å². The highest BCUT2D eigenvalue weighted by Gasteiger charge is 2.09. The number of nitrogens with zero attached hydrogens (tertiary/aromatic N) is 1. The van der Waals surface area contributed by atoms with Crippen LogP contribution in [0.4, 0.5) is 0 Å². The van der Waals surface area contributed by atoms with E-state index in [9.17, 15) is 10.1 Å². The van der Waals surface area contributed by atoms with Crippen LogP contribution in [0.1, 0.15) is 28.7 Å². The van der Waals surface area contributed by atoms with Crippen LogP contribution >= 0.6 is 11.3 Å². The first kappa shape index (κ1) is 10.9. The minimum absolute atomic E-state index is 0.269. The molecule has 1 aromatic heterocycles. The Labute approximate surface area is 87.2 Å². The van der Waals surface area contributed by atoms with Crippen molar-refractivity contribution in [2.45, 2.75) is 27.2 Å². The van der Waals surface area contributed by atoms with E-state index in [1.54, 1.807) is 24.3 Å². The molecule has 0 aliphatic carbocycles. The molecule has 0 aliphatic heterocycles. The van der Waals surface area contributed by atoms with Crippen LogP contribution in [0.3, 0.4) is 0 Å². The molecule has 14 heavy (non-hydrogen) atoms. The van der Waals surface area contributed by atoms with Crippen LogP contribution < -0.4 is 0 Å². The van der Waals surface area contributed by atoms with Crippen molar-refractivity contribution >= 4 is 17.4 Å². The van der Waals surface area contributed by atoms with Gasteiger partial charge in [0, 0.05) is 22.3 Å². The van der Waals surface area contributed by atoms with Gasteiger partial charge in [0.2, 0.25) is 5.70 Å². The van der Waals surface area contributed by atoms with Gasteiger partial charge in [-0.05, 0) is 25.5 Å². The standard InChI is InChI=1S/C10H13NO2S/c1-4-10(11(12)13)6-9-5-7(2)14-8(9)3/h5-6H,4H2,1-3H3. The number of thiophene rings is 1. The Bertz CT molecular complexity index is 379. The van der Waals surface area contributed by atoms with Crippen LogP contribution in [0.5, 0.6) is 0 Å². The zero-order chi connectivity index (χ0) is 10.7. The van der Waals surface area contributed by atoms with Gasteiger partial charge in [0.25, 0.3) is 0 Å². The summed E-state index contributed by atoms with van der Waals surface area (Å²) in [6, 6.07) is 1.99. The normalized spacial score (nSPS) is 11.8. The molecule has 3 nitrogen and oxygen atoms in total. The second kappa shape index (κ2) is 4.37. The van der Waals surface area contributed by atoms with Gasteiger partial charge in [0.05, 0.1) is 4.92 Å². The van der Waals surface area contributed by atoms with Gasteiger partial charge < -0.3 is 0 Å². The summed E-state index contributed by atoms with van der Waals surface area (Å²) in [5.74, 6) is 0. The zero-order valence-corrected chi connectivity index (χ0v) is 9.35. The highest BCUT2D eigenvalue weighted by Crippen LogP contribution is 2.23. The molecule has 0 fully saturated rings. The lowest BCUT2D eigenvalue weighted by molar-refractivity contribution is -0.425. The lowest BCUT2D eigenvalue weighted by Crippen LogP contribution is -1.96. The van der Waals surface area contributed by atoms with E-state index in [0.717, 1.165) is 10.4 Å². The van der Waals surface area contributed by atoms with Crippen molar-refractivity contribution in [2.75, 3.05) is 0 Å². The minimum atomic E-state index is -0.313. The molecule has 0 bridgehead atoms. The van der Waals surface area contributed by atoms with Gasteiger partial charge in [0.15, 0.2) is 0 Å². The molecule has 0 amide bonds. The monoisotopic (exact) mass is 211 g/mol. The molecule has 0 saturated carbocycles. The van der Waals surface area contributed by atoms with E-state index in [1.807, 2.05) is 19.9 Å². The predicted molar refractivity (Wildman–Crippen MR) is 59.1 cm³/mol. The van der Waals surface area contributed by atoms with Crippen LogP contribution in [0.25, 0.3) is 6.08 Å². The second-order valence-electron chi connectivity index (χ2n) is 3.11. The van der Waals surface area contributed by atoms with E-state index in [-0.39, 0.29) is 10.6 Å². The van der Waals surface area contributed by atoms with Gasteiger partial charge in [0.1, 0.15) is 0 Å². The van der Waals surface area contributed by atoms with Gasteiger partial charge in [-0.25, -0.2) is 0 Å². The fourth-order valence-electron chi connectivity index (χ4n) is 1.26. The van der Waals surface area contributed by atoms with Crippen molar-refractivity contribution in [1.29, 1.82) is 0 Å². The number of aryl methyl sites for hydroxylation is 2. The minimum Gasteiger partial charge on any atom is -0.259 e. The van der Waals surface area contributed by atoms with Crippen LogP contribution in [-0.2, 0) is 0 Å². The first-order valence-corrected chi connectivity index (χ1v) is 5.28. The molecule has 0 radical (unpaired) electrons.